The molecular weight excluding hydrogens is 281 g/mol. The van der Waals surface area contributed by atoms with E-state index in [1.807, 2.05) is 36.4 Å². The average Bonchev–Trinajstić information content (AvgIpc) is 3.00. The normalized spacial score (nSPS) is 15.5. The first-order valence-corrected chi connectivity index (χ1v) is 7.41. The van der Waals surface area contributed by atoms with Crippen molar-refractivity contribution in [2.24, 2.45) is 0 Å². The second kappa shape index (κ2) is 5.33. The van der Waals surface area contributed by atoms with E-state index in [0.29, 0.717) is 6.01 Å². The number of anilines is 2. The smallest absolute Gasteiger partial charge is 0.298 e. The number of hydrogen-bond acceptors (Lipinski definition) is 4. The molecule has 2 aromatic carbocycles. The summed E-state index contributed by atoms with van der Waals surface area (Å²) in [5.41, 5.74) is 2.76. The molecule has 0 radical (unpaired) electrons. The molecule has 3 aromatic rings. The summed E-state index contributed by atoms with van der Waals surface area (Å²) in [6.07, 6.45) is 0. The van der Waals surface area contributed by atoms with Crippen LogP contribution in [0.4, 0.5) is 16.1 Å². The van der Waals surface area contributed by atoms with Crippen molar-refractivity contribution in [3.8, 4) is 0 Å². The van der Waals surface area contributed by atoms with E-state index >= 15 is 0 Å². The summed E-state index contributed by atoms with van der Waals surface area (Å²) in [6.45, 7) is 3.41. The third kappa shape index (κ3) is 2.39. The van der Waals surface area contributed by atoms with Gasteiger partial charge in [0, 0.05) is 31.9 Å². The molecule has 0 spiro atoms. The van der Waals surface area contributed by atoms with Gasteiger partial charge in [0.1, 0.15) is 11.3 Å². The number of rotatable bonds is 2. The number of aromatic nitrogens is 1. The highest BCUT2D eigenvalue weighted by Gasteiger charge is 2.21. The number of oxazole rings is 1. The van der Waals surface area contributed by atoms with E-state index in [1.165, 1.54) is 12.1 Å². The van der Waals surface area contributed by atoms with Gasteiger partial charge in [-0.15, -0.1) is 0 Å². The molecule has 4 rings (SSSR count). The van der Waals surface area contributed by atoms with Crippen LogP contribution in [0.1, 0.15) is 0 Å². The molecule has 0 amide bonds. The van der Waals surface area contributed by atoms with Gasteiger partial charge in [-0.2, -0.15) is 4.98 Å². The first kappa shape index (κ1) is 13.1. The van der Waals surface area contributed by atoms with Crippen molar-refractivity contribution in [1.82, 2.24) is 4.98 Å². The van der Waals surface area contributed by atoms with Crippen molar-refractivity contribution < 1.29 is 8.81 Å². The molecule has 4 nitrogen and oxygen atoms in total. The van der Waals surface area contributed by atoms with Crippen molar-refractivity contribution in [1.29, 1.82) is 0 Å². The zero-order chi connectivity index (χ0) is 14.9. The molecule has 0 N–H and O–H groups in total. The maximum Gasteiger partial charge on any atom is 0.298 e. The molecule has 22 heavy (non-hydrogen) atoms. The summed E-state index contributed by atoms with van der Waals surface area (Å²) >= 11 is 0. The van der Waals surface area contributed by atoms with Crippen LogP contribution in [-0.2, 0) is 0 Å². The fraction of sp³-hybridized carbons (Fsp3) is 0.235. The monoisotopic (exact) mass is 297 g/mol. The van der Waals surface area contributed by atoms with Gasteiger partial charge in [0.05, 0.1) is 0 Å². The van der Waals surface area contributed by atoms with Crippen molar-refractivity contribution in [2.75, 3.05) is 36.0 Å². The van der Waals surface area contributed by atoms with E-state index in [4.69, 9.17) is 4.42 Å². The summed E-state index contributed by atoms with van der Waals surface area (Å²) in [5.74, 6) is -0.200. The maximum atomic E-state index is 13.0. The molecule has 0 saturated carbocycles. The first-order valence-electron chi connectivity index (χ1n) is 7.41. The van der Waals surface area contributed by atoms with Crippen LogP contribution in [0.2, 0.25) is 0 Å². The molecule has 0 aliphatic carbocycles. The topological polar surface area (TPSA) is 32.5 Å². The number of benzene rings is 2. The average molecular weight is 297 g/mol. The highest BCUT2D eigenvalue weighted by atomic mass is 19.1. The van der Waals surface area contributed by atoms with Crippen LogP contribution in [0.25, 0.3) is 11.1 Å². The van der Waals surface area contributed by atoms with Crippen LogP contribution in [-0.4, -0.2) is 31.2 Å². The molecule has 1 saturated heterocycles. The fourth-order valence-electron chi connectivity index (χ4n) is 2.80. The lowest BCUT2D eigenvalue weighted by molar-refractivity contribution is 0.542. The molecule has 112 valence electrons. The molecule has 1 aliphatic rings. The van der Waals surface area contributed by atoms with Crippen molar-refractivity contribution in [3.63, 3.8) is 0 Å². The van der Waals surface area contributed by atoms with Gasteiger partial charge < -0.3 is 14.2 Å². The quantitative estimate of drug-likeness (QED) is 0.726. The zero-order valence-electron chi connectivity index (χ0n) is 12.1. The van der Waals surface area contributed by atoms with Crippen LogP contribution < -0.4 is 9.80 Å². The Kier molecular flexibility index (Phi) is 3.18. The van der Waals surface area contributed by atoms with Gasteiger partial charge in [0.25, 0.3) is 6.01 Å². The summed E-state index contributed by atoms with van der Waals surface area (Å²) in [5, 5.41) is 0. The Morgan fingerprint density at radius 1 is 0.864 bits per heavy atom. The zero-order valence-corrected chi connectivity index (χ0v) is 12.1. The molecule has 1 aliphatic heterocycles. The Morgan fingerprint density at radius 2 is 1.55 bits per heavy atom. The second-order valence-corrected chi connectivity index (χ2v) is 5.41. The largest absolute Gasteiger partial charge is 0.423 e. The molecule has 1 fully saturated rings. The standard InChI is InChI=1S/C17H16FN3O/c18-13-5-7-14(8-6-13)20-9-11-21(12-10-20)17-19-15-3-1-2-4-16(15)22-17/h1-8H,9-12H2. The van der Waals surface area contributed by atoms with E-state index in [0.717, 1.165) is 43.0 Å². The Bertz CT molecular complexity index is 743. The van der Waals surface area contributed by atoms with Crippen molar-refractivity contribution in [3.05, 3.63) is 54.3 Å². The van der Waals surface area contributed by atoms with E-state index in [1.54, 1.807) is 0 Å². The Balaban J connectivity index is 1.48. The van der Waals surface area contributed by atoms with Gasteiger partial charge in [-0.05, 0) is 36.4 Å². The third-order valence-electron chi connectivity index (χ3n) is 4.02. The van der Waals surface area contributed by atoms with Gasteiger partial charge in [0.15, 0.2) is 5.58 Å². The number of halogens is 1. The maximum absolute atomic E-state index is 13.0. The predicted octanol–water partition coefficient (Wildman–Crippen LogP) is 3.29. The van der Waals surface area contributed by atoms with Crippen LogP contribution in [0.5, 0.6) is 0 Å². The molecular formula is C17H16FN3O. The Labute approximate surface area is 127 Å². The Hall–Kier alpha value is -2.56. The number of fused-ring (bicyclic) bond motifs is 1. The van der Waals surface area contributed by atoms with E-state index in [-0.39, 0.29) is 5.82 Å². The summed E-state index contributed by atoms with van der Waals surface area (Å²) in [6, 6.07) is 15.1. The highest BCUT2D eigenvalue weighted by Crippen LogP contribution is 2.24. The van der Waals surface area contributed by atoms with Crippen LogP contribution >= 0.6 is 0 Å². The van der Waals surface area contributed by atoms with Gasteiger partial charge in [0.2, 0.25) is 0 Å². The van der Waals surface area contributed by atoms with Crippen LogP contribution in [0.15, 0.2) is 52.9 Å². The molecule has 0 atom stereocenters. The van der Waals surface area contributed by atoms with Gasteiger partial charge in [-0.25, -0.2) is 4.39 Å². The number of para-hydroxylation sites is 2. The highest BCUT2D eigenvalue weighted by molar-refractivity contribution is 5.74. The van der Waals surface area contributed by atoms with Gasteiger partial charge in [-0.1, -0.05) is 12.1 Å². The summed E-state index contributed by atoms with van der Waals surface area (Å²) in [4.78, 5) is 8.94. The van der Waals surface area contributed by atoms with Crippen LogP contribution in [0.3, 0.4) is 0 Å². The van der Waals surface area contributed by atoms with Gasteiger partial charge in [-0.3, -0.25) is 0 Å². The molecule has 2 heterocycles. The SMILES string of the molecule is Fc1ccc(N2CCN(c3nc4ccccc4o3)CC2)cc1. The minimum Gasteiger partial charge on any atom is -0.423 e. The first-order chi connectivity index (χ1) is 10.8. The van der Waals surface area contributed by atoms with E-state index < -0.39 is 0 Å². The summed E-state index contributed by atoms with van der Waals surface area (Å²) < 4.78 is 18.8. The third-order valence-corrected chi connectivity index (χ3v) is 4.02. The lowest BCUT2D eigenvalue weighted by Crippen LogP contribution is -2.46. The molecule has 1 aromatic heterocycles. The summed E-state index contributed by atoms with van der Waals surface area (Å²) in [7, 11) is 0. The van der Waals surface area contributed by atoms with Crippen LogP contribution in [0, 0.1) is 5.82 Å². The molecule has 5 heteroatoms. The lowest BCUT2D eigenvalue weighted by atomic mass is 10.2. The number of piperazine rings is 1. The van der Waals surface area contributed by atoms with Gasteiger partial charge >= 0.3 is 0 Å². The van der Waals surface area contributed by atoms with Crippen molar-refractivity contribution in [2.45, 2.75) is 0 Å². The number of hydrogen-bond donors (Lipinski definition) is 0. The number of nitrogens with zero attached hydrogens (tertiary/aromatic N) is 3. The lowest BCUT2D eigenvalue weighted by Gasteiger charge is -2.35. The minimum absolute atomic E-state index is 0.200. The predicted molar refractivity (Wildman–Crippen MR) is 84.8 cm³/mol. The van der Waals surface area contributed by atoms with Crippen molar-refractivity contribution >= 4 is 22.8 Å². The second-order valence-electron chi connectivity index (χ2n) is 5.41. The Morgan fingerprint density at radius 3 is 2.27 bits per heavy atom. The van der Waals surface area contributed by atoms with E-state index in [2.05, 4.69) is 14.8 Å². The van der Waals surface area contributed by atoms with E-state index in [9.17, 15) is 4.39 Å². The minimum atomic E-state index is -0.200. The molecule has 0 bridgehead atoms. The molecule has 0 unspecified atom stereocenters. The fourth-order valence-corrected chi connectivity index (χ4v) is 2.80.